The fourth-order valence-electron chi connectivity index (χ4n) is 1.22. The Labute approximate surface area is 104 Å². The molecule has 0 aliphatic heterocycles. The summed E-state index contributed by atoms with van der Waals surface area (Å²) in [5.41, 5.74) is 0.771. The molecule has 0 N–H and O–H groups in total. The van der Waals surface area contributed by atoms with Crippen molar-refractivity contribution in [2.75, 3.05) is 6.26 Å². The number of halogens is 1. The summed E-state index contributed by atoms with van der Waals surface area (Å²) < 4.78 is 3.53. The van der Waals surface area contributed by atoms with Gasteiger partial charge in [-0.2, -0.15) is 5.26 Å². The van der Waals surface area contributed by atoms with Crippen LogP contribution in [0, 0.1) is 14.9 Å². The highest BCUT2D eigenvalue weighted by Crippen LogP contribution is 2.33. The fraction of sp³-hybridized carbons (Fsp3) is 0.100. The summed E-state index contributed by atoms with van der Waals surface area (Å²) in [5.74, 6) is 0. The molecular formula is C10H6INS2. The summed E-state index contributed by atoms with van der Waals surface area (Å²) in [7, 11) is 0. The van der Waals surface area contributed by atoms with Gasteiger partial charge >= 0.3 is 0 Å². The molecule has 0 saturated heterocycles. The standard InChI is InChI=1S/C10H6INS2/c1-13-10-4-6-2-8(11)7(5-12)3-9(6)14-10/h2-4H,1H3. The second-order valence-corrected chi connectivity index (χ2v) is 6.10. The molecule has 0 unspecified atom stereocenters. The van der Waals surface area contributed by atoms with Crippen molar-refractivity contribution in [3.8, 4) is 6.07 Å². The second-order valence-electron chi connectivity index (χ2n) is 2.75. The van der Waals surface area contributed by atoms with Crippen molar-refractivity contribution >= 4 is 55.8 Å². The largest absolute Gasteiger partial charge is 0.192 e. The van der Waals surface area contributed by atoms with Gasteiger partial charge < -0.3 is 0 Å². The van der Waals surface area contributed by atoms with E-state index in [2.05, 4.69) is 47.0 Å². The van der Waals surface area contributed by atoms with Crippen LogP contribution in [0.1, 0.15) is 5.56 Å². The van der Waals surface area contributed by atoms with Gasteiger partial charge in [-0.15, -0.1) is 23.1 Å². The minimum atomic E-state index is 0.771. The van der Waals surface area contributed by atoms with Gasteiger partial charge in [0.05, 0.1) is 9.77 Å². The van der Waals surface area contributed by atoms with Crippen molar-refractivity contribution < 1.29 is 0 Å². The number of hydrogen-bond acceptors (Lipinski definition) is 3. The van der Waals surface area contributed by atoms with Crippen LogP contribution in [0.3, 0.4) is 0 Å². The summed E-state index contributed by atoms with van der Waals surface area (Å²) in [6, 6.07) is 8.43. The second kappa shape index (κ2) is 4.09. The summed E-state index contributed by atoms with van der Waals surface area (Å²) in [5, 5.41) is 10.1. The van der Waals surface area contributed by atoms with Gasteiger partial charge in [-0.3, -0.25) is 0 Å². The number of thioether (sulfide) groups is 1. The molecule has 0 aliphatic carbocycles. The van der Waals surface area contributed by atoms with Crippen LogP contribution in [0.5, 0.6) is 0 Å². The van der Waals surface area contributed by atoms with Crippen LogP contribution in [0.4, 0.5) is 0 Å². The molecular weight excluding hydrogens is 325 g/mol. The molecule has 0 amide bonds. The van der Waals surface area contributed by atoms with E-state index in [9.17, 15) is 0 Å². The number of rotatable bonds is 1. The zero-order valence-corrected chi connectivity index (χ0v) is 11.2. The highest BCUT2D eigenvalue weighted by atomic mass is 127. The molecule has 1 aromatic heterocycles. The van der Waals surface area contributed by atoms with Crippen LogP contribution >= 0.6 is 45.7 Å². The molecule has 1 aromatic carbocycles. The molecule has 0 bridgehead atoms. The Balaban J connectivity index is 2.71. The number of benzene rings is 1. The molecule has 1 heterocycles. The maximum Gasteiger partial charge on any atom is 0.100 e. The van der Waals surface area contributed by atoms with Gasteiger partial charge in [0, 0.05) is 8.27 Å². The van der Waals surface area contributed by atoms with E-state index in [1.807, 2.05) is 6.07 Å². The first-order valence-electron chi connectivity index (χ1n) is 3.92. The van der Waals surface area contributed by atoms with Crippen LogP contribution in [0.15, 0.2) is 22.4 Å². The first-order chi connectivity index (χ1) is 6.74. The number of nitrogens with zero attached hydrogens (tertiary/aromatic N) is 1. The van der Waals surface area contributed by atoms with E-state index in [0.29, 0.717) is 0 Å². The topological polar surface area (TPSA) is 23.8 Å². The van der Waals surface area contributed by atoms with Gasteiger partial charge in [-0.05, 0) is 52.4 Å². The average Bonchev–Trinajstić information content (AvgIpc) is 2.58. The Morgan fingerprint density at radius 1 is 1.43 bits per heavy atom. The minimum absolute atomic E-state index is 0.771. The summed E-state index contributed by atoms with van der Waals surface area (Å²) >= 11 is 5.70. The third-order valence-corrected chi connectivity index (χ3v) is 4.96. The van der Waals surface area contributed by atoms with Crippen LogP contribution in [-0.4, -0.2) is 6.26 Å². The van der Waals surface area contributed by atoms with E-state index in [1.165, 1.54) is 14.3 Å². The van der Waals surface area contributed by atoms with Crippen molar-refractivity contribution in [2.45, 2.75) is 4.21 Å². The molecule has 2 aromatic rings. The molecule has 0 radical (unpaired) electrons. The fourth-order valence-corrected chi connectivity index (χ4v) is 3.50. The first-order valence-corrected chi connectivity index (χ1v) is 7.04. The third-order valence-electron chi connectivity index (χ3n) is 1.91. The lowest BCUT2D eigenvalue weighted by molar-refractivity contribution is 1.48. The lowest BCUT2D eigenvalue weighted by Crippen LogP contribution is -1.78. The van der Waals surface area contributed by atoms with Crippen molar-refractivity contribution in [1.29, 1.82) is 5.26 Å². The van der Waals surface area contributed by atoms with Crippen LogP contribution in [-0.2, 0) is 0 Å². The molecule has 0 saturated carbocycles. The van der Waals surface area contributed by atoms with Crippen LogP contribution in [0.2, 0.25) is 0 Å². The van der Waals surface area contributed by atoms with Gasteiger partial charge in [-0.25, -0.2) is 0 Å². The van der Waals surface area contributed by atoms with Crippen molar-refractivity contribution in [3.05, 3.63) is 27.3 Å². The van der Waals surface area contributed by atoms with Gasteiger partial charge in [-0.1, -0.05) is 0 Å². The predicted molar refractivity (Wildman–Crippen MR) is 71.0 cm³/mol. The Kier molecular flexibility index (Phi) is 3.00. The highest BCUT2D eigenvalue weighted by Gasteiger charge is 2.05. The number of thiophene rings is 1. The van der Waals surface area contributed by atoms with Crippen molar-refractivity contribution in [2.24, 2.45) is 0 Å². The van der Waals surface area contributed by atoms with Crippen molar-refractivity contribution in [1.82, 2.24) is 0 Å². The average molecular weight is 331 g/mol. The van der Waals surface area contributed by atoms with E-state index >= 15 is 0 Å². The van der Waals surface area contributed by atoms with Gasteiger partial charge in [0.25, 0.3) is 0 Å². The number of nitriles is 1. The minimum Gasteiger partial charge on any atom is -0.192 e. The van der Waals surface area contributed by atoms with Crippen LogP contribution < -0.4 is 0 Å². The number of fused-ring (bicyclic) bond motifs is 1. The van der Waals surface area contributed by atoms with E-state index in [1.54, 1.807) is 23.1 Å². The zero-order valence-electron chi connectivity index (χ0n) is 7.37. The molecule has 70 valence electrons. The Morgan fingerprint density at radius 3 is 2.86 bits per heavy atom. The third kappa shape index (κ3) is 1.76. The van der Waals surface area contributed by atoms with Crippen molar-refractivity contribution in [3.63, 3.8) is 0 Å². The SMILES string of the molecule is CSc1cc2cc(I)c(C#N)cc2s1. The van der Waals surface area contributed by atoms with E-state index in [-0.39, 0.29) is 0 Å². The predicted octanol–water partition coefficient (Wildman–Crippen LogP) is 4.10. The zero-order chi connectivity index (χ0) is 10.1. The Bertz CT molecular complexity index is 525. The molecule has 0 spiro atoms. The summed E-state index contributed by atoms with van der Waals surface area (Å²) in [6.07, 6.45) is 2.07. The van der Waals surface area contributed by atoms with E-state index in [4.69, 9.17) is 5.26 Å². The lowest BCUT2D eigenvalue weighted by Gasteiger charge is -1.94. The summed E-state index contributed by atoms with van der Waals surface area (Å²) in [6.45, 7) is 0. The van der Waals surface area contributed by atoms with Crippen LogP contribution in [0.25, 0.3) is 10.1 Å². The van der Waals surface area contributed by atoms with Gasteiger partial charge in [0.2, 0.25) is 0 Å². The quantitative estimate of drug-likeness (QED) is 0.580. The lowest BCUT2D eigenvalue weighted by atomic mass is 10.2. The van der Waals surface area contributed by atoms with Gasteiger partial charge in [0.1, 0.15) is 6.07 Å². The first kappa shape index (κ1) is 10.3. The highest BCUT2D eigenvalue weighted by molar-refractivity contribution is 14.1. The smallest absolute Gasteiger partial charge is 0.100 e. The molecule has 0 aliphatic rings. The molecule has 14 heavy (non-hydrogen) atoms. The monoisotopic (exact) mass is 331 g/mol. The molecule has 0 atom stereocenters. The summed E-state index contributed by atoms with van der Waals surface area (Å²) in [4.78, 5) is 0. The van der Waals surface area contributed by atoms with E-state index in [0.717, 1.165) is 9.13 Å². The molecule has 4 heteroatoms. The Morgan fingerprint density at radius 2 is 2.21 bits per heavy atom. The normalized spacial score (nSPS) is 10.4. The van der Waals surface area contributed by atoms with E-state index < -0.39 is 0 Å². The van der Waals surface area contributed by atoms with Gasteiger partial charge in [0.15, 0.2) is 0 Å². The molecule has 2 rings (SSSR count). The molecule has 1 nitrogen and oxygen atoms in total. The maximum atomic E-state index is 8.89. The molecule has 0 fully saturated rings. The Hall–Kier alpha value is -0.250. The number of hydrogen-bond donors (Lipinski definition) is 0. The maximum absolute atomic E-state index is 8.89.